The molecule has 1 fully saturated rings. The number of ether oxygens (including phenoxy) is 3. The first-order chi connectivity index (χ1) is 25.8. The van der Waals surface area contributed by atoms with Crippen LogP contribution in [0.4, 0.5) is 10.2 Å². The third kappa shape index (κ3) is 6.03. The van der Waals surface area contributed by atoms with Crippen molar-refractivity contribution in [2.24, 2.45) is 0 Å². The summed E-state index contributed by atoms with van der Waals surface area (Å²) in [6, 6.07) is 11.0. The maximum Gasteiger partial charge on any atom is 0.473 e. The highest BCUT2D eigenvalue weighted by Gasteiger charge is 2.53. The van der Waals surface area contributed by atoms with Gasteiger partial charge in [0, 0.05) is 36.8 Å². The van der Waals surface area contributed by atoms with Gasteiger partial charge in [0.15, 0.2) is 17.0 Å². The van der Waals surface area contributed by atoms with Crippen LogP contribution in [-0.4, -0.2) is 70.6 Å². The molecule has 0 aliphatic carbocycles. The molecule has 1 saturated heterocycles. The molecule has 1 aromatic carbocycles. The largest absolute Gasteiger partial charge is 0.473 e. The molecule has 2 N–H and O–H groups in total. The smallest absolute Gasteiger partial charge is 0.460 e. The molecule has 5 aromatic rings. The monoisotopic (exact) mass is 763 g/mol. The number of hydrogen-bond donors (Lipinski definition) is 2. The Hall–Kier alpha value is -5.46. The Kier molecular flexibility index (Phi) is 8.65. The van der Waals surface area contributed by atoms with Crippen LogP contribution in [0.1, 0.15) is 56.5 Å². The second kappa shape index (κ2) is 13.1. The van der Waals surface area contributed by atoms with E-state index >= 15 is 0 Å². The van der Waals surface area contributed by atoms with Crippen LogP contribution < -0.4 is 10.9 Å². The zero-order valence-corrected chi connectivity index (χ0v) is 29.7. The summed E-state index contributed by atoms with van der Waals surface area (Å²) in [5.74, 6) is -2.39. The Bertz CT molecular complexity index is 2530. The number of cyclic esters (lactones) is 1. The fraction of sp³-hybridized carbons (Fsp3) is 0.353. The van der Waals surface area contributed by atoms with Crippen LogP contribution in [0.5, 0.6) is 0 Å². The van der Waals surface area contributed by atoms with Gasteiger partial charge in [-0.25, -0.2) is 19.3 Å². The molecule has 54 heavy (non-hydrogen) atoms. The molecule has 1 unspecified atom stereocenters. The number of amides is 1. The van der Waals surface area contributed by atoms with E-state index in [1.54, 1.807) is 6.07 Å². The van der Waals surface area contributed by atoms with Crippen molar-refractivity contribution in [2.75, 3.05) is 11.9 Å². The van der Waals surface area contributed by atoms with Gasteiger partial charge in [-0.3, -0.25) is 28.0 Å². The molecule has 280 valence electrons. The van der Waals surface area contributed by atoms with E-state index in [4.69, 9.17) is 28.2 Å². The number of benzene rings is 1. The number of fused-ring (bicyclic) bond motifs is 6. The van der Waals surface area contributed by atoms with E-state index in [-0.39, 0.29) is 54.1 Å². The SMILES string of the molecule is CC[C@@]1(OP(=O)(O)OC[C@H]2O[C@@H](n3cnc4c(NC(C)=O)nc(F)nc43)C[C@@H]2OC(C)=O)C(=O)OCc2c1cc1n(c2=O)Cc2cc3ccccc3nc2-1. The molecule has 18 nitrogen and oxygen atoms in total. The Morgan fingerprint density at radius 1 is 1.17 bits per heavy atom. The van der Waals surface area contributed by atoms with Crippen molar-refractivity contribution in [2.45, 2.75) is 70.8 Å². The second-order valence-electron chi connectivity index (χ2n) is 13.0. The van der Waals surface area contributed by atoms with Crippen LogP contribution in [0.2, 0.25) is 0 Å². The Morgan fingerprint density at radius 3 is 2.72 bits per heavy atom. The van der Waals surface area contributed by atoms with Gasteiger partial charge in [-0.1, -0.05) is 25.1 Å². The van der Waals surface area contributed by atoms with Crippen LogP contribution in [0.25, 0.3) is 33.5 Å². The first-order valence-corrected chi connectivity index (χ1v) is 18.3. The van der Waals surface area contributed by atoms with Crippen molar-refractivity contribution in [1.82, 2.24) is 29.1 Å². The lowest BCUT2D eigenvalue weighted by atomic mass is 9.86. The number of carbonyl (C=O) groups excluding carboxylic acids is 3. The number of hydrogen-bond acceptors (Lipinski definition) is 14. The van der Waals surface area contributed by atoms with Gasteiger partial charge in [0.05, 0.1) is 41.9 Å². The molecule has 0 radical (unpaired) electrons. The zero-order valence-electron chi connectivity index (χ0n) is 28.8. The van der Waals surface area contributed by atoms with Crippen molar-refractivity contribution >= 4 is 53.6 Å². The molecular weight excluding hydrogens is 732 g/mol. The number of nitrogens with one attached hydrogen (secondary N) is 1. The summed E-state index contributed by atoms with van der Waals surface area (Å²) in [4.78, 5) is 78.5. The molecule has 3 aliphatic heterocycles. The van der Waals surface area contributed by atoms with Crippen molar-refractivity contribution in [3.05, 3.63) is 75.8 Å². The minimum absolute atomic E-state index is 0.0464. The number of esters is 2. The van der Waals surface area contributed by atoms with Gasteiger partial charge in [-0.05, 0) is 24.6 Å². The highest BCUT2D eigenvalue weighted by atomic mass is 31.2. The molecule has 4 aromatic heterocycles. The lowest BCUT2D eigenvalue weighted by Crippen LogP contribution is -2.46. The molecule has 0 bridgehead atoms. The Morgan fingerprint density at radius 2 is 1.96 bits per heavy atom. The van der Waals surface area contributed by atoms with Crippen LogP contribution in [0.3, 0.4) is 0 Å². The third-order valence-corrected chi connectivity index (χ3v) is 10.6. The second-order valence-corrected chi connectivity index (χ2v) is 14.4. The number of aromatic nitrogens is 6. The van der Waals surface area contributed by atoms with Gasteiger partial charge in [0.25, 0.3) is 5.56 Å². The van der Waals surface area contributed by atoms with Gasteiger partial charge < -0.3 is 29.0 Å². The van der Waals surface area contributed by atoms with Gasteiger partial charge in [-0.15, -0.1) is 0 Å². The summed E-state index contributed by atoms with van der Waals surface area (Å²) in [7, 11) is -5.20. The maximum absolute atomic E-state index is 14.4. The number of phosphoric ester groups is 1. The average molecular weight is 764 g/mol. The molecular formula is C34H31FN7O11P. The van der Waals surface area contributed by atoms with E-state index in [0.717, 1.165) is 17.9 Å². The summed E-state index contributed by atoms with van der Waals surface area (Å²) >= 11 is 0. The number of rotatable bonds is 9. The molecule has 1 amide bonds. The molecule has 5 atom stereocenters. The summed E-state index contributed by atoms with van der Waals surface area (Å²) in [6.07, 6.45) is -3.40. The van der Waals surface area contributed by atoms with Gasteiger partial charge >= 0.3 is 25.8 Å². The van der Waals surface area contributed by atoms with Crippen LogP contribution in [0.15, 0.2) is 47.5 Å². The number of phosphoric acid groups is 1. The molecule has 3 aliphatic rings. The molecule has 8 rings (SSSR count). The maximum atomic E-state index is 14.4. The number of carbonyl (C=O) groups is 3. The standard InChI is InChI=1S/C34H31FN7O11P/c1-4-34(21-10-23-27-19(9-18-7-5-6-8-22(18)38-27)12-41(23)31(45)20(21)13-49-32(34)46)53-54(47,48)50-14-25-24(51-17(3)44)11-26(52-25)42-15-36-28-29(37-16(2)43)39-33(35)40-30(28)42/h5-10,15,24-26H,4,11-14H2,1-3H3,(H,47,48)(H,37,39,40,43)/t24-,25+,26+,34-/m0/s1. The van der Waals surface area contributed by atoms with Crippen molar-refractivity contribution in [3.8, 4) is 11.4 Å². The number of anilines is 1. The zero-order chi connectivity index (χ0) is 38.1. The molecule has 20 heteroatoms. The van der Waals surface area contributed by atoms with Crippen molar-refractivity contribution in [1.29, 1.82) is 0 Å². The highest BCUT2D eigenvalue weighted by molar-refractivity contribution is 7.47. The number of halogens is 1. The Labute approximate surface area is 303 Å². The van der Waals surface area contributed by atoms with Crippen molar-refractivity contribution < 1.29 is 51.5 Å². The van der Waals surface area contributed by atoms with Gasteiger partial charge in [0.1, 0.15) is 25.0 Å². The summed E-state index contributed by atoms with van der Waals surface area (Å²) < 4.78 is 58.9. The predicted molar refractivity (Wildman–Crippen MR) is 183 cm³/mol. The van der Waals surface area contributed by atoms with E-state index in [2.05, 4.69) is 20.3 Å². The number of pyridine rings is 2. The lowest BCUT2D eigenvalue weighted by molar-refractivity contribution is -0.171. The summed E-state index contributed by atoms with van der Waals surface area (Å²) in [5, 5.41) is 3.27. The first-order valence-electron chi connectivity index (χ1n) is 16.8. The van der Waals surface area contributed by atoms with E-state index in [0.29, 0.717) is 16.9 Å². The van der Waals surface area contributed by atoms with Crippen LogP contribution in [-0.2, 0) is 61.0 Å². The summed E-state index contributed by atoms with van der Waals surface area (Å²) in [5.41, 5.74) is -0.173. The Balaban J connectivity index is 1.07. The fourth-order valence-electron chi connectivity index (χ4n) is 7.17. The number of para-hydroxylation sites is 1. The van der Waals surface area contributed by atoms with Crippen molar-refractivity contribution in [3.63, 3.8) is 0 Å². The minimum atomic E-state index is -5.20. The van der Waals surface area contributed by atoms with Gasteiger partial charge in [-0.2, -0.15) is 14.4 Å². The average Bonchev–Trinajstić information content (AvgIpc) is 3.82. The molecule has 0 spiro atoms. The third-order valence-electron chi connectivity index (χ3n) is 9.55. The normalized spacial score (nSPS) is 22.7. The molecule has 0 saturated carbocycles. The quantitative estimate of drug-likeness (QED) is 0.122. The van der Waals surface area contributed by atoms with E-state index < -0.39 is 67.9 Å². The topological polar surface area (TPSA) is 225 Å². The summed E-state index contributed by atoms with van der Waals surface area (Å²) in [6.45, 7) is 3.06. The van der Waals surface area contributed by atoms with Gasteiger partial charge in [0.2, 0.25) is 11.5 Å². The lowest BCUT2D eigenvalue weighted by Gasteiger charge is -2.36. The fourth-order valence-corrected chi connectivity index (χ4v) is 8.25. The predicted octanol–water partition coefficient (Wildman–Crippen LogP) is 3.38. The minimum Gasteiger partial charge on any atom is -0.460 e. The number of imidazole rings is 1. The van der Waals surface area contributed by atoms with E-state index in [1.165, 1.54) is 29.3 Å². The molecule has 7 heterocycles. The highest BCUT2D eigenvalue weighted by Crippen LogP contribution is 2.54. The number of nitrogens with zero attached hydrogens (tertiary/aromatic N) is 6. The first kappa shape index (κ1) is 35.6. The van der Waals surface area contributed by atoms with Crippen LogP contribution in [0, 0.1) is 6.08 Å². The van der Waals surface area contributed by atoms with E-state index in [9.17, 15) is 33.0 Å². The van der Waals surface area contributed by atoms with Crippen LogP contribution >= 0.6 is 7.82 Å². The van der Waals surface area contributed by atoms with E-state index in [1.807, 2.05) is 30.3 Å².